The molecule has 10 heteroatoms. The van der Waals surface area contributed by atoms with Gasteiger partial charge in [-0.25, -0.2) is 13.4 Å². The van der Waals surface area contributed by atoms with Gasteiger partial charge in [0.2, 0.25) is 0 Å². The zero-order chi connectivity index (χ0) is 20.1. The molecule has 0 bridgehead atoms. The Labute approximate surface area is 178 Å². The number of sulfonamides is 1. The summed E-state index contributed by atoms with van der Waals surface area (Å²) in [6.45, 7) is 3.51. The van der Waals surface area contributed by atoms with E-state index in [-0.39, 0.29) is 14.8 Å². The highest BCUT2D eigenvalue weighted by Crippen LogP contribution is 2.35. The van der Waals surface area contributed by atoms with Gasteiger partial charge in [-0.3, -0.25) is 9.30 Å². The summed E-state index contributed by atoms with van der Waals surface area (Å²) in [4.78, 5) is 10.0. The maximum atomic E-state index is 13.5. The van der Waals surface area contributed by atoms with Crippen LogP contribution in [0.4, 0.5) is 5.69 Å². The van der Waals surface area contributed by atoms with Crippen LogP contribution in [0.25, 0.3) is 11.0 Å². The smallest absolute Gasteiger partial charge is 0.298 e. The molecule has 4 heterocycles. The van der Waals surface area contributed by atoms with Crippen molar-refractivity contribution in [2.24, 2.45) is 0 Å². The number of fused-ring (bicyclic) bond motifs is 2. The van der Waals surface area contributed by atoms with Crippen molar-refractivity contribution < 1.29 is 8.42 Å². The molecular formula is C19H21ClN5O2S2+. The average molecular weight is 451 g/mol. The van der Waals surface area contributed by atoms with Gasteiger partial charge in [-0.1, -0.05) is 23.7 Å². The second-order valence-corrected chi connectivity index (χ2v) is 10.2. The molecule has 152 valence electrons. The Bertz CT molecular complexity index is 1200. The minimum Gasteiger partial charge on any atom is -0.298 e. The number of imidazole rings is 1. The monoisotopic (exact) mass is 450 g/mol. The molecule has 0 radical (unpaired) electrons. The van der Waals surface area contributed by atoms with Crippen LogP contribution in [0.2, 0.25) is 5.15 Å². The van der Waals surface area contributed by atoms with Crippen LogP contribution in [0.3, 0.4) is 0 Å². The zero-order valence-corrected chi connectivity index (χ0v) is 18.1. The molecule has 1 saturated heterocycles. The highest BCUT2D eigenvalue weighted by molar-refractivity contribution is 7.89. The first-order valence-corrected chi connectivity index (χ1v) is 12.3. The summed E-state index contributed by atoms with van der Waals surface area (Å²) < 4.78 is 28.5. The number of aromatic nitrogens is 2. The van der Waals surface area contributed by atoms with E-state index in [1.54, 1.807) is 11.6 Å². The van der Waals surface area contributed by atoms with Gasteiger partial charge in [0.25, 0.3) is 0 Å². The van der Waals surface area contributed by atoms with Gasteiger partial charge >= 0.3 is 10.0 Å². The van der Waals surface area contributed by atoms with Gasteiger partial charge in [0.15, 0.2) is 20.8 Å². The normalized spacial score (nSPS) is 22.0. The molecule has 1 atom stereocenters. The number of para-hydroxylation sites is 1. The SMILES string of the molecule is O=S(=O)(N[N+]1(CCN2CCCC2)C=Cc2ccccc21)c1c(Cl)nc2sccn12. The lowest BCUT2D eigenvalue weighted by Crippen LogP contribution is -2.59. The van der Waals surface area contributed by atoms with Crippen molar-refractivity contribution >= 4 is 49.7 Å². The van der Waals surface area contributed by atoms with Crippen LogP contribution < -0.4 is 9.42 Å². The van der Waals surface area contributed by atoms with Gasteiger partial charge in [-0.2, -0.15) is 4.59 Å². The highest BCUT2D eigenvalue weighted by atomic mass is 35.5. The largest absolute Gasteiger partial charge is 0.302 e. The van der Waals surface area contributed by atoms with Gasteiger partial charge in [-0.05, 0) is 36.8 Å². The molecule has 1 N–H and O–H groups in total. The minimum atomic E-state index is -3.95. The van der Waals surface area contributed by atoms with Crippen LogP contribution in [-0.2, 0) is 10.0 Å². The molecule has 29 heavy (non-hydrogen) atoms. The van der Waals surface area contributed by atoms with E-state index in [1.807, 2.05) is 36.5 Å². The Morgan fingerprint density at radius 1 is 1.24 bits per heavy atom. The van der Waals surface area contributed by atoms with Crippen molar-refractivity contribution in [1.82, 2.24) is 23.7 Å². The van der Waals surface area contributed by atoms with Crippen LogP contribution in [0, 0.1) is 0 Å². The Morgan fingerprint density at radius 2 is 2.03 bits per heavy atom. The van der Waals surface area contributed by atoms with E-state index in [0.29, 0.717) is 11.5 Å². The second kappa shape index (κ2) is 7.19. The lowest BCUT2D eigenvalue weighted by atomic mass is 10.2. The number of nitrogens with one attached hydrogen (secondary N) is 1. The Kier molecular flexibility index (Phi) is 4.77. The van der Waals surface area contributed by atoms with E-state index in [2.05, 4.69) is 14.7 Å². The molecule has 0 saturated carbocycles. The first-order chi connectivity index (χ1) is 14.0. The summed E-state index contributed by atoms with van der Waals surface area (Å²) in [6, 6.07) is 7.87. The Morgan fingerprint density at radius 3 is 2.86 bits per heavy atom. The lowest BCUT2D eigenvalue weighted by molar-refractivity contribution is 0.260. The first-order valence-electron chi connectivity index (χ1n) is 9.53. The van der Waals surface area contributed by atoms with Crippen molar-refractivity contribution in [2.45, 2.75) is 17.9 Å². The summed E-state index contributed by atoms with van der Waals surface area (Å²) in [5, 5.41) is 1.76. The summed E-state index contributed by atoms with van der Waals surface area (Å²) in [7, 11) is -3.95. The molecule has 2 aliphatic heterocycles. The lowest BCUT2D eigenvalue weighted by Gasteiger charge is -2.32. The maximum absolute atomic E-state index is 13.5. The van der Waals surface area contributed by atoms with E-state index >= 15 is 0 Å². The molecule has 7 nitrogen and oxygen atoms in total. The molecule has 2 aliphatic rings. The van der Waals surface area contributed by atoms with Crippen molar-refractivity contribution in [2.75, 3.05) is 26.2 Å². The van der Waals surface area contributed by atoms with Gasteiger partial charge in [0.1, 0.15) is 12.7 Å². The Balaban J connectivity index is 1.54. The van der Waals surface area contributed by atoms with Crippen molar-refractivity contribution in [1.29, 1.82) is 0 Å². The molecule has 0 aliphatic carbocycles. The predicted octanol–water partition coefficient (Wildman–Crippen LogP) is 3.33. The third-order valence-electron chi connectivity index (χ3n) is 5.56. The quantitative estimate of drug-likeness (QED) is 0.585. The average Bonchev–Trinajstić information content (AvgIpc) is 3.44. The van der Waals surface area contributed by atoms with Gasteiger partial charge in [0.05, 0.1) is 6.54 Å². The fraction of sp³-hybridized carbons (Fsp3) is 0.316. The molecule has 0 amide bonds. The third-order valence-corrected chi connectivity index (χ3v) is 8.16. The summed E-state index contributed by atoms with van der Waals surface area (Å²) in [5.41, 5.74) is 1.93. The molecule has 0 spiro atoms. The fourth-order valence-corrected chi connectivity index (χ4v) is 6.88. The molecule has 2 aromatic heterocycles. The molecule has 1 unspecified atom stereocenters. The summed E-state index contributed by atoms with van der Waals surface area (Å²) >= 11 is 7.57. The van der Waals surface area contributed by atoms with E-state index in [0.717, 1.165) is 30.9 Å². The van der Waals surface area contributed by atoms with E-state index in [4.69, 9.17) is 11.6 Å². The van der Waals surface area contributed by atoms with Crippen molar-refractivity contribution in [3.63, 3.8) is 0 Å². The number of thiazole rings is 1. The van der Waals surface area contributed by atoms with Crippen LogP contribution in [-0.4, -0.2) is 48.9 Å². The number of halogens is 1. The van der Waals surface area contributed by atoms with E-state index in [1.165, 1.54) is 28.6 Å². The van der Waals surface area contributed by atoms with Gasteiger partial charge in [0, 0.05) is 29.3 Å². The first kappa shape index (κ1) is 19.2. The Hall–Kier alpha value is -1.75. The number of rotatable bonds is 6. The zero-order valence-electron chi connectivity index (χ0n) is 15.7. The van der Waals surface area contributed by atoms with Crippen LogP contribution in [0.5, 0.6) is 0 Å². The van der Waals surface area contributed by atoms with Crippen LogP contribution in [0.1, 0.15) is 18.4 Å². The van der Waals surface area contributed by atoms with Crippen molar-refractivity contribution in [3.8, 4) is 0 Å². The summed E-state index contributed by atoms with van der Waals surface area (Å²) in [5.74, 6) is 0. The number of nitrogens with zero attached hydrogens (tertiary/aromatic N) is 4. The number of quaternary nitrogens is 1. The number of benzene rings is 1. The van der Waals surface area contributed by atoms with E-state index in [9.17, 15) is 8.42 Å². The molecule has 1 aromatic carbocycles. The maximum Gasteiger partial charge on any atom is 0.302 e. The third kappa shape index (κ3) is 3.31. The number of likely N-dealkylation sites (tertiary alicyclic amines) is 1. The number of hydrogen-bond donors (Lipinski definition) is 1. The summed E-state index contributed by atoms with van der Waals surface area (Å²) in [6.07, 6.45) is 7.95. The van der Waals surface area contributed by atoms with Crippen molar-refractivity contribution in [3.05, 3.63) is 52.8 Å². The van der Waals surface area contributed by atoms with Gasteiger partial charge < -0.3 is 0 Å². The highest BCUT2D eigenvalue weighted by Gasteiger charge is 2.42. The van der Waals surface area contributed by atoms with E-state index < -0.39 is 10.0 Å². The minimum absolute atomic E-state index is 0.0153. The predicted molar refractivity (Wildman–Crippen MR) is 116 cm³/mol. The molecule has 3 aromatic rings. The van der Waals surface area contributed by atoms with Gasteiger partial charge in [-0.15, -0.1) is 11.3 Å². The standard InChI is InChI=1S/C19H21ClN5O2S2/c20-17-18(24-11-14-28-19(24)21-17)29(26,27)22-25(13-10-23-8-3-4-9-23)12-7-15-5-1-2-6-16(15)25/h1-2,5-7,11-12,14,22H,3-4,8-10,13H2/q+1. The second-order valence-electron chi connectivity index (χ2n) is 7.37. The fourth-order valence-electron chi connectivity index (χ4n) is 4.14. The molecule has 5 rings (SSSR count). The molecular weight excluding hydrogens is 430 g/mol. The van der Waals surface area contributed by atoms with Crippen LogP contribution >= 0.6 is 22.9 Å². The topological polar surface area (TPSA) is 66.7 Å². The van der Waals surface area contributed by atoms with Crippen LogP contribution in [0.15, 0.2) is 47.1 Å². The number of hydrogen-bond acceptors (Lipinski definition) is 5. The molecule has 1 fully saturated rings.